The number of aliphatic carboxylic acids is 1. The standard InChI is InChI=1S/C34H33FN6O4/c35-28-17-23(19-37)4-7-30(28)44-21-24-2-1-3-27(16-24)45-26-8-14-40(15-9-26)20-31-39-29-6-5-25(18-32(42)43)38-33(29)41(31)22-34(10-11-34)12-13-36/h1-7,16-17,26H,8-12,14-15,18,20-22H2,(H,42,43). The minimum atomic E-state index is -0.931. The minimum absolute atomic E-state index is 0.0396. The number of ether oxygens (including phenoxy) is 2. The summed E-state index contributed by atoms with van der Waals surface area (Å²) >= 11 is 0. The topological polar surface area (TPSA) is 137 Å². The molecule has 1 aliphatic carbocycles. The number of nitrogens with zero attached hydrogens (tertiary/aromatic N) is 6. The maximum absolute atomic E-state index is 14.2. The van der Waals surface area contributed by atoms with Crippen LogP contribution in [0.1, 0.15) is 54.7 Å². The molecule has 6 rings (SSSR count). The molecule has 230 valence electrons. The number of nitriles is 2. The summed E-state index contributed by atoms with van der Waals surface area (Å²) in [6.07, 6.45) is 3.99. The number of fused-ring (bicyclic) bond motifs is 1. The number of carbonyl (C=O) groups is 1. The molecule has 2 aromatic heterocycles. The van der Waals surface area contributed by atoms with Crippen LogP contribution < -0.4 is 9.47 Å². The normalized spacial score (nSPS) is 16.2. The van der Waals surface area contributed by atoms with Gasteiger partial charge in [0.2, 0.25) is 0 Å². The lowest BCUT2D eigenvalue weighted by atomic mass is 10.0. The van der Waals surface area contributed by atoms with Crippen LogP contribution in [0, 0.1) is 33.9 Å². The average molecular weight is 609 g/mol. The molecule has 0 bridgehead atoms. The number of benzene rings is 2. The van der Waals surface area contributed by atoms with Crippen LogP contribution in [0.4, 0.5) is 4.39 Å². The predicted octanol–water partition coefficient (Wildman–Crippen LogP) is 5.39. The third kappa shape index (κ3) is 7.22. The van der Waals surface area contributed by atoms with E-state index in [1.807, 2.05) is 36.4 Å². The van der Waals surface area contributed by atoms with Crippen molar-refractivity contribution in [2.75, 3.05) is 13.1 Å². The first-order valence-electron chi connectivity index (χ1n) is 15.1. The summed E-state index contributed by atoms with van der Waals surface area (Å²) in [5.74, 6) is 0.194. The molecule has 0 amide bonds. The highest BCUT2D eigenvalue weighted by Gasteiger charge is 2.43. The van der Waals surface area contributed by atoms with Crippen molar-refractivity contribution in [3.8, 4) is 23.6 Å². The quantitative estimate of drug-likeness (QED) is 0.225. The summed E-state index contributed by atoms with van der Waals surface area (Å²) in [4.78, 5) is 23.2. The summed E-state index contributed by atoms with van der Waals surface area (Å²) < 4.78 is 28.3. The molecule has 0 unspecified atom stereocenters. The molecule has 2 fully saturated rings. The number of piperidine rings is 1. The van der Waals surface area contributed by atoms with E-state index < -0.39 is 11.8 Å². The number of hydrogen-bond acceptors (Lipinski definition) is 8. The van der Waals surface area contributed by atoms with Crippen molar-refractivity contribution in [1.29, 1.82) is 10.5 Å². The molecule has 2 aromatic carbocycles. The van der Waals surface area contributed by atoms with Gasteiger partial charge in [0, 0.05) is 31.5 Å². The molecule has 45 heavy (non-hydrogen) atoms. The van der Waals surface area contributed by atoms with Crippen LogP contribution in [0.15, 0.2) is 54.6 Å². The SMILES string of the molecule is N#CCC1(Cn2c(CN3CCC(Oc4cccc(COc5ccc(C#N)cc5F)c4)CC3)nc3ccc(CC(=O)O)nc32)CC1. The number of pyridine rings is 1. The maximum Gasteiger partial charge on any atom is 0.309 e. The van der Waals surface area contributed by atoms with Crippen LogP contribution in [-0.2, 0) is 30.9 Å². The Morgan fingerprint density at radius 3 is 2.62 bits per heavy atom. The zero-order valence-electron chi connectivity index (χ0n) is 24.8. The van der Waals surface area contributed by atoms with Gasteiger partial charge >= 0.3 is 5.97 Å². The zero-order valence-corrected chi connectivity index (χ0v) is 24.8. The van der Waals surface area contributed by atoms with E-state index in [1.165, 1.54) is 12.1 Å². The third-order valence-corrected chi connectivity index (χ3v) is 8.52. The van der Waals surface area contributed by atoms with E-state index in [2.05, 4.69) is 20.5 Å². The second-order valence-electron chi connectivity index (χ2n) is 12.0. The number of carboxylic acid groups (broad SMARTS) is 1. The Morgan fingerprint density at radius 1 is 1.09 bits per heavy atom. The molecule has 0 radical (unpaired) electrons. The second kappa shape index (κ2) is 12.9. The molecular weight excluding hydrogens is 575 g/mol. The number of aromatic nitrogens is 3. The van der Waals surface area contributed by atoms with Crippen molar-refractivity contribution in [3.63, 3.8) is 0 Å². The maximum atomic E-state index is 14.2. The number of imidazole rings is 1. The van der Waals surface area contributed by atoms with E-state index in [4.69, 9.17) is 19.7 Å². The highest BCUT2D eigenvalue weighted by molar-refractivity contribution is 5.74. The Morgan fingerprint density at radius 2 is 1.91 bits per heavy atom. The fourth-order valence-corrected chi connectivity index (χ4v) is 5.83. The van der Waals surface area contributed by atoms with Gasteiger partial charge in [-0.2, -0.15) is 10.5 Å². The summed E-state index contributed by atoms with van der Waals surface area (Å²) in [6, 6.07) is 19.5. The number of likely N-dealkylation sites (tertiary alicyclic amines) is 1. The summed E-state index contributed by atoms with van der Waals surface area (Å²) in [5, 5.41) is 27.6. The monoisotopic (exact) mass is 608 g/mol. The van der Waals surface area contributed by atoms with Gasteiger partial charge in [-0.15, -0.1) is 0 Å². The van der Waals surface area contributed by atoms with Crippen LogP contribution in [0.3, 0.4) is 0 Å². The lowest BCUT2D eigenvalue weighted by Crippen LogP contribution is -2.38. The molecule has 1 aliphatic heterocycles. The van der Waals surface area contributed by atoms with Gasteiger partial charge < -0.3 is 19.1 Å². The van der Waals surface area contributed by atoms with Gasteiger partial charge in [-0.05, 0) is 73.7 Å². The minimum Gasteiger partial charge on any atom is -0.490 e. The Balaban J connectivity index is 1.08. The van der Waals surface area contributed by atoms with Crippen LogP contribution >= 0.6 is 0 Å². The largest absolute Gasteiger partial charge is 0.490 e. The van der Waals surface area contributed by atoms with E-state index >= 15 is 0 Å². The van der Waals surface area contributed by atoms with Gasteiger partial charge in [-0.3, -0.25) is 9.69 Å². The lowest BCUT2D eigenvalue weighted by Gasteiger charge is -2.32. The fraction of sp³-hybridized carbons (Fsp3) is 0.382. The summed E-state index contributed by atoms with van der Waals surface area (Å²) in [5.41, 5.74) is 2.91. The van der Waals surface area contributed by atoms with Gasteiger partial charge in [0.05, 0.1) is 36.4 Å². The highest BCUT2D eigenvalue weighted by atomic mass is 19.1. The van der Waals surface area contributed by atoms with Crippen molar-refractivity contribution in [1.82, 2.24) is 19.4 Å². The van der Waals surface area contributed by atoms with E-state index in [0.29, 0.717) is 30.9 Å². The first kappa shape index (κ1) is 30.0. The van der Waals surface area contributed by atoms with Crippen molar-refractivity contribution >= 4 is 17.1 Å². The lowest BCUT2D eigenvalue weighted by molar-refractivity contribution is -0.136. The third-order valence-electron chi connectivity index (χ3n) is 8.52. The molecular formula is C34H33FN6O4. The molecule has 0 spiro atoms. The van der Waals surface area contributed by atoms with E-state index in [-0.39, 0.29) is 35.9 Å². The molecule has 2 aliphatic rings. The highest BCUT2D eigenvalue weighted by Crippen LogP contribution is 2.50. The van der Waals surface area contributed by atoms with E-state index in [9.17, 15) is 19.6 Å². The van der Waals surface area contributed by atoms with Gasteiger partial charge in [-0.1, -0.05) is 12.1 Å². The Labute approximate surface area is 260 Å². The van der Waals surface area contributed by atoms with E-state index in [0.717, 1.165) is 67.5 Å². The van der Waals surface area contributed by atoms with Crippen molar-refractivity contribution in [2.24, 2.45) is 5.41 Å². The Hall–Kier alpha value is -5.00. The zero-order chi connectivity index (χ0) is 31.4. The number of rotatable bonds is 12. The Bertz CT molecular complexity index is 1800. The first-order chi connectivity index (χ1) is 21.8. The number of carboxylic acids is 1. The van der Waals surface area contributed by atoms with Crippen molar-refractivity contribution < 1.29 is 23.8 Å². The van der Waals surface area contributed by atoms with Gasteiger partial charge in [0.15, 0.2) is 17.2 Å². The van der Waals surface area contributed by atoms with Gasteiger partial charge in [0.25, 0.3) is 0 Å². The second-order valence-corrected chi connectivity index (χ2v) is 12.0. The first-order valence-corrected chi connectivity index (χ1v) is 15.1. The molecule has 4 aromatic rings. The predicted molar refractivity (Wildman–Crippen MR) is 162 cm³/mol. The fourth-order valence-electron chi connectivity index (χ4n) is 5.83. The van der Waals surface area contributed by atoms with Crippen LogP contribution in [0.5, 0.6) is 11.5 Å². The Kier molecular flexibility index (Phi) is 8.63. The molecule has 11 heteroatoms. The molecule has 0 atom stereocenters. The molecule has 3 heterocycles. The summed E-state index contributed by atoms with van der Waals surface area (Å²) in [6.45, 7) is 3.07. The molecule has 10 nitrogen and oxygen atoms in total. The van der Waals surface area contributed by atoms with Crippen LogP contribution in [-0.4, -0.2) is 49.7 Å². The molecule has 1 saturated heterocycles. The average Bonchev–Trinajstić information content (AvgIpc) is 3.71. The molecule has 1 N–H and O–H groups in total. The number of halogens is 1. The molecule has 1 saturated carbocycles. The smallest absolute Gasteiger partial charge is 0.309 e. The van der Waals surface area contributed by atoms with Crippen molar-refractivity contribution in [3.05, 3.63) is 83.1 Å². The van der Waals surface area contributed by atoms with Gasteiger partial charge in [-0.25, -0.2) is 14.4 Å². The van der Waals surface area contributed by atoms with Gasteiger partial charge in [0.1, 0.15) is 29.8 Å². The van der Waals surface area contributed by atoms with Crippen LogP contribution in [0.2, 0.25) is 0 Å². The van der Waals surface area contributed by atoms with Crippen molar-refractivity contribution in [2.45, 2.75) is 64.3 Å². The summed E-state index contributed by atoms with van der Waals surface area (Å²) in [7, 11) is 0. The van der Waals surface area contributed by atoms with Crippen LogP contribution in [0.25, 0.3) is 11.2 Å². The van der Waals surface area contributed by atoms with E-state index in [1.54, 1.807) is 6.07 Å². The number of hydrogen-bond donors (Lipinski definition) is 1.